The molecule has 3 aliphatic heterocycles. The number of rotatable bonds is 0. The van der Waals surface area contributed by atoms with E-state index in [4.69, 9.17) is 18.5 Å². The molecular formula is C14H13NO9P-. The number of phenolic OH excluding ortho intramolecular Hbond substituents is 1. The van der Waals surface area contributed by atoms with Gasteiger partial charge in [0.1, 0.15) is 12.2 Å². The highest BCUT2D eigenvalue weighted by atomic mass is 31.2. The van der Waals surface area contributed by atoms with Crippen LogP contribution in [0, 0.1) is 0 Å². The average molecular weight is 370 g/mol. The summed E-state index contributed by atoms with van der Waals surface area (Å²) in [7, 11) is -4.53. The first-order valence-electron chi connectivity index (χ1n) is 7.68. The minimum atomic E-state index is -4.53. The number of carbonyl (C=O) groups is 1. The van der Waals surface area contributed by atoms with Gasteiger partial charge in [-0.15, -0.1) is 0 Å². The van der Waals surface area contributed by atoms with E-state index in [9.17, 15) is 24.5 Å². The van der Waals surface area contributed by atoms with Gasteiger partial charge in [0.2, 0.25) is 12.5 Å². The van der Waals surface area contributed by atoms with Gasteiger partial charge in [0.15, 0.2) is 11.5 Å². The fraction of sp³-hybridized carbons (Fsp3) is 0.500. The van der Waals surface area contributed by atoms with Crippen LogP contribution in [0.15, 0.2) is 6.07 Å². The number of phosphoric acid groups is 1. The summed E-state index contributed by atoms with van der Waals surface area (Å²) in [4.78, 5) is 24.2. The third-order valence-electron chi connectivity index (χ3n) is 5.08. The Bertz CT molecular complexity index is 842. The normalized spacial score (nSPS) is 40.9. The minimum Gasteiger partial charge on any atom is -0.756 e. The van der Waals surface area contributed by atoms with Gasteiger partial charge in [0, 0.05) is 5.92 Å². The van der Waals surface area contributed by atoms with Crippen LogP contribution in [0.2, 0.25) is 0 Å². The van der Waals surface area contributed by atoms with Crippen molar-refractivity contribution in [1.29, 1.82) is 0 Å². The molecule has 6 atom stereocenters. The van der Waals surface area contributed by atoms with Gasteiger partial charge < -0.3 is 38.9 Å². The first-order chi connectivity index (χ1) is 11.9. The molecule has 1 unspecified atom stereocenters. The van der Waals surface area contributed by atoms with Crippen LogP contribution < -0.4 is 19.7 Å². The predicted molar refractivity (Wildman–Crippen MR) is 76.2 cm³/mol. The highest BCUT2D eigenvalue weighted by Crippen LogP contribution is 2.57. The molecule has 1 aromatic rings. The Hall–Kier alpha value is -1.84. The van der Waals surface area contributed by atoms with Crippen LogP contribution in [0.5, 0.6) is 17.2 Å². The summed E-state index contributed by atoms with van der Waals surface area (Å²) in [5.74, 6) is -1.02. The SMILES string of the molecule is O=C1N[C@H]2[C@@H]3OP(=O)([O-])O[C@@H]3[C@@H](O)C[C@@H]2c2cc3c(c(O)c21)OCO3. The number of hydrogen-bond acceptors (Lipinski definition) is 9. The Kier molecular flexibility index (Phi) is 3.00. The van der Waals surface area contributed by atoms with Gasteiger partial charge >= 0.3 is 0 Å². The second-order valence-corrected chi connectivity index (χ2v) is 7.74. The summed E-state index contributed by atoms with van der Waals surface area (Å²) < 4.78 is 31.9. The van der Waals surface area contributed by atoms with Crippen molar-refractivity contribution >= 4 is 13.7 Å². The summed E-state index contributed by atoms with van der Waals surface area (Å²) >= 11 is 0. The third kappa shape index (κ3) is 2.06. The molecule has 1 saturated heterocycles. The van der Waals surface area contributed by atoms with E-state index >= 15 is 0 Å². The molecule has 5 rings (SSSR count). The smallest absolute Gasteiger partial charge is 0.268 e. The number of phenols is 1. The first-order valence-corrected chi connectivity index (χ1v) is 9.14. The molecule has 0 spiro atoms. The number of amides is 1. The molecule has 1 amide bonds. The highest BCUT2D eigenvalue weighted by Gasteiger charge is 2.55. The molecule has 10 nitrogen and oxygen atoms in total. The zero-order valence-electron chi connectivity index (χ0n) is 12.6. The van der Waals surface area contributed by atoms with Gasteiger partial charge in [-0.1, -0.05) is 0 Å². The van der Waals surface area contributed by atoms with Crippen molar-refractivity contribution in [3.63, 3.8) is 0 Å². The molecule has 1 saturated carbocycles. The first kappa shape index (κ1) is 15.4. The van der Waals surface area contributed by atoms with Crippen LogP contribution in [-0.4, -0.2) is 47.3 Å². The molecule has 0 aromatic heterocycles. The topological polar surface area (TPSA) is 147 Å². The van der Waals surface area contributed by atoms with Crippen LogP contribution in [0.4, 0.5) is 0 Å². The fourth-order valence-electron chi connectivity index (χ4n) is 4.07. The highest BCUT2D eigenvalue weighted by molar-refractivity contribution is 7.46. The van der Waals surface area contributed by atoms with E-state index in [1.807, 2.05) is 0 Å². The Labute approximate surface area is 140 Å². The standard InChI is InChI=1S/C14H14NO9P/c16-6-1-5-4-2-7-12(22-3-21-7)10(17)8(4)14(18)15-9(5)13-11(6)23-25(19,20)24-13/h2,5-6,9,11,13,16-17H,1,3H2,(H,15,18)(H,19,20)/p-1/t5-,6+,9-,11-,13+/m1/s1. The zero-order valence-corrected chi connectivity index (χ0v) is 13.5. The van der Waals surface area contributed by atoms with Gasteiger partial charge in [0.05, 0.1) is 17.7 Å². The number of nitrogens with one attached hydrogen (secondary N) is 1. The lowest BCUT2D eigenvalue weighted by Gasteiger charge is -2.43. The summed E-state index contributed by atoms with van der Waals surface area (Å²) in [5.41, 5.74) is 0.476. The molecular weight excluding hydrogens is 357 g/mol. The lowest BCUT2D eigenvalue weighted by Crippen LogP contribution is -2.60. The van der Waals surface area contributed by atoms with Gasteiger partial charge in [0.25, 0.3) is 13.7 Å². The van der Waals surface area contributed by atoms with Crippen LogP contribution in [0.3, 0.4) is 0 Å². The third-order valence-corrected chi connectivity index (χ3v) is 6.08. The second-order valence-electron chi connectivity index (χ2n) is 6.42. The summed E-state index contributed by atoms with van der Waals surface area (Å²) in [6.07, 6.45) is -3.09. The van der Waals surface area contributed by atoms with Gasteiger partial charge in [-0.25, -0.2) is 0 Å². The van der Waals surface area contributed by atoms with Crippen molar-refractivity contribution in [3.05, 3.63) is 17.2 Å². The van der Waals surface area contributed by atoms with E-state index in [1.54, 1.807) is 6.07 Å². The quantitative estimate of drug-likeness (QED) is 0.506. The maximum absolute atomic E-state index is 12.5. The zero-order chi connectivity index (χ0) is 17.5. The number of hydrogen-bond donors (Lipinski definition) is 3. The van der Waals surface area contributed by atoms with Crippen LogP contribution in [-0.2, 0) is 13.6 Å². The molecule has 3 heterocycles. The average Bonchev–Trinajstić information content (AvgIpc) is 3.12. The lowest BCUT2D eigenvalue weighted by molar-refractivity contribution is -0.216. The molecule has 25 heavy (non-hydrogen) atoms. The van der Waals surface area contributed by atoms with E-state index < -0.39 is 44.0 Å². The van der Waals surface area contributed by atoms with E-state index in [1.165, 1.54) is 0 Å². The summed E-state index contributed by atoms with van der Waals surface area (Å²) in [6, 6.07) is 0.853. The molecule has 4 aliphatic rings. The number of aliphatic hydroxyl groups excluding tert-OH is 1. The largest absolute Gasteiger partial charge is 0.756 e. The number of phosphoric ester groups is 1. The Morgan fingerprint density at radius 1 is 1.28 bits per heavy atom. The number of carbonyl (C=O) groups excluding carboxylic acids is 1. The van der Waals surface area contributed by atoms with Gasteiger partial charge in [-0.2, -0.15) is 0 Å². The molecule has 2 fully saturated rings. The molecule has 0 radical (unpaired) electrons. The van der Waals surface area contributed by atoms with Gasteiger partial charge in [-0.05, 0) is 18.1 Å². The van der Waals surface area contributed by atoms with Crippen molar-refractivity contribution < 1.29 is 43.0 Å². The number of aromatic hydroxyl groups is 1. The number of benzene rings is 1. The Morgan fingerprint density at radius 3 is 2.84 bits per heavy atom. The second kappa shape index (κ2) is 4.87. The van der Waals surface area contributed by atoms with Crippen molar-refractivity contribution in [2.24, 2.45) is 0 Å². The molecule has 1 aromatic carbocycles. The fourth-order valence-corrected chi connectivity index (χ4v) is 5.23. The van der Waals surface area contributed by atoms with E-state index in [2.05, 4.69) is 5.32 Å². The van der Waals surface area contributed by atoms with Crippen LogP contribution in [0.25, 0.3) is 0 Å². The van der Waals surface area contributed by atoms with Crippen molar-refractivity contribution in [2.45, 2.75) is 36.7 Å². The minimum absolute atomic E-state index is 0.0281. The molecule has 0 bridgehead atoms. The number of aliphatic hydroxyl groups is 1. The van der Waals surface area contributed by atoms with Gasteiger partial charge in [-0.3, -0.25) is 9.36 Å². The van der Waals surface area contributed by atoms with Crippen molar-refractivity contribution in [3.8, 4) is 17.2 Å². The summed E-state index contributed by atoms with van der Waals surface area (Å²) in [6.45, 7) is -0.0782. The van der Waals surface area contributed by atoms with E-state index in [-0.39, 0.29) is 30.3 Å². The molecule has 1 aliphatic carbocycles. The van der Waals surface area contributed by atoms with Crippen molar-refractivity contribution in [1.82, 2.24) is 5.32 Å². The number of fused-ring (bicyclic) bond motifs is 6. The lowest BCUT2D eigenvalue weighted by atomic mass is 9.72. The van der Waals surface area contributed by atoms with Crippen molar-refractivity contribution in [2.75, 3.05) is 6.79 Å². The number of ether oxygens (including phenoxy) is 2. The molecule has 11 heteroatoms. The Morgan fingerprint density at radius 2 is 2.04 bits per heavy atom. The van der Waals surface area contributed by atoms with Crippen LogP contribution >= 0.6 is 7.82 Å². The Balaban J connectivity index is 1.63. The van der Waals surface area contributed by atoms with E-state index in [0.717, 1.165) is 0 Å². The predicted octanol–water partition coefficient (Wildman–Crippen LogP) is -0.667. The molecule has 134 valence electrons. The summed E-state index contributed by atoms with van der Waals surface area (Å²) in [5, 5.41) is 23.3. The maximum atomic E-state index is 12.5. The van der Waals surface area contributed by atoms with E-state index in [0.29, 0.717) is 11.3 Å². The monoisotopic (exact) mass is 370 g/mol. The molecule has 3 N–H and O–H groups in total. The maximum Gasteiger partial charge on any atom is 0.268 e. The van der Waals surface area contributed by atoms with Crippen LogP contribution in [0.1, 0.15) is 28.3 Å².